The Kier molecular flexibility index (Phi) is 10.6. The Morgan fingerprint density at radius 2 is 1.96 bits per heavy atom. The van der Waals surface area contributed by atoms with Gasteiger partial charge in [0, 0.05) is 37.7 Å². The van der Waals surface area contributed by atoms with Crippen LogP contribution < -0.4 is 11.1 Å². The van der Waals surface area contributed by atoms with Crippen LogP contribution in [0.1, 0.15) is 12.0 Å². The Morgan fingerprint density at radius 3 is 2.65 bits per heavy atom. The van der Waals surface area contributed by atoms with Gasteiger partial charge in [-0.2, -0.15) is 0 Å². The average Bonchev–Trinajstić information content (AvgIpc) is 2.54. The summed E-state index contributed by atoms with van der Waals surface area (Å²) in [6.07, 6.45) is 1.93. The zero-order valence-electron chi connectivity index (χ0n) is 13.3. The lowest BCUT2D eigenvalue weighted by Crippen LogP contribution is -2.37. The highest BCUT2D eigenvalue weighted by Crippen LogP contribution is 2.09. The highest BCUT2D eigenvalue weighted by Gasteiger charge is 2.08. The predicted octanol–water partition coefficient (Wildman–Crippen LogP) is 2.13. The number of benzene rings is 1. The fourth-order valence-corrected chi connectivity index (χ4v) is 2.49. The first-order valence-electron chi connectivity index (χ1n) is 7.82. The Balaban J connectivity index is 0.00000264. The summed E-state index contributed by atoms with van der Waals surface area (Å²) < 4.78 is 5.32. The van der Waals surface area contributed by atoms with Gasteiger partial charge in [0.1, 0.15) is 0 Å². The van der Waals surface area contributed by atoms with Gasteiger partial charge in [-0.25, -0.2) is 0 Å². The smallest absolute Gasteiger partial charge is 0.188 e. The molecule has 1 aromatic carbocycles. The molecule has 0 radical (unpaired) electrons. The van der Waals surface area contributed by atoms with Crippen molar-refractivity contribution >= 4 is 41.5 Å². The van der Waals surface area contributed by atoms with Crippen molar-refractivity contribution in [3.05, 3.63) is 34.9 Å². The first-order chi connectivity index (χ1) is 10.7. The van der Waals surface area contributed by atoms with Crippen LogP contribution in [-0.4, -0.2) is 56.8 Å². The second-order valence-corrected chi connectivity index (χ2v) is 5.81. The summed E-state index contributed by atoms with van der Waals surface area (Å²) in [5.74, 6) is 0.524. The van der Waals surface area contributed by atoms with E-state index >= 15 is 0 Å². The standard InChI is InChI=1S/C16H25ClN4O.HI/c17-15-4-2-14(3-5-15)6-8-20-16(18)19-7-1-9-21-10-12-22-13-11-21;/h2-5H,1,6-13H2,(H3,18,19,20);1H. The Labute approximate surface area is 160 Å². The molecule has 5 nitrogen and oxygen atoms in total. The van der Waals surface area contributed by atoms with Crippen molar-refractivity contribution in [3.8, 4) is 0 Å². The predicted molar refractivity (Wildman–Crippen MR) is 107 cm³/mol. The Hall–Kier alpha value is -0.570. The minimum Gasteiger partial charge on any atom is -0.379 e. The topological polar surface area (TPSA) is 62.9 Å². The van der Waals surface area contributed by atoms with Crippen LogP contribution in [0.3, 0.4) is 0 Å². The molecule has 1 aliphatic rings. The van der Waals surface area contributed by atoms with E-state index in [2.05, 4.69) is 15.2 Å². The highest BCUT2D eigenvalue weighted by atomic mass is 127. The summed E-state index contributed by atoms with van der Waals surface area (Å²) >= 11 is 5.86. The molecule has 0 bridgehead atoms. The zero-order valence-corrected chi connectivity index (χ0v) is 16.4. The highest BCUT2D eigenvalue weighted by molar-refractivity contribution is 14.0. The lowest BCUT2D eigenvalue weighted by atomic mass is 10.1. The number of nitrogens with one attached hydrogen (secondary N) is 1. The maximum Gasteiger partial charge on any atom is 0.188 e. The summed E-state index contributed by atoms with van der Waals surface area (Å²) in [6, 6.07) is 7.86. The quantitative estimate of drug-likeness (QED) is 0.288. The van der Waals surface area contributed by atoms with E-state index in [0.29, 0.717) is 5.96 Å². The molecule has 0 unspecified atom stereocenters. The molecule has 0 amide bonds. The lowest BCUT2D eigenvalue weighted by Gasteiger charge is -2.26. The summed E-state index contributed by atoms with van der Waals surface area (Å²) in [5.41, 5.74) is 7.10. The van der Waals surface area contributed by atoms with Gasteiger partial charge in [-0.15, -0.1) is 24.0 Å². The third-order valence-electron chi connectivity index (χ3n) is 3.65. The molecular weight excluding hydrogens is 427 g/mol. The molecule has 7 heteroatoms. The molecule has 0 aromatic heterocycles. The van der Waals surface area contributed by atoms with Gasteiger partial charge < -0.3 is 15.8 Å². The number of rotatable bonds is 7. The summed E-state index contributed by atoms with van der Waals surface area (Å²) in [5, 5.41) is 3.91. The van der Waals surface area contributed by atoms with E-state index in [-0.39, 0.29) is 24.0 Å². The van der Waals surface area contributed by atoms with Crippen molar-refractivity contribution in [3.63, 3.8) is 0 Å². The second kappa shape index (κ2) is 11.9. The summed E-state index contributed by atoms with van der Waals surface area (Å²) in [6.45, 7) is 6.34. The molecule has 1 heterocycles. The number of nitrogens with two attached hydrogens (primary N) is 1. The molecule has 0 saturated carbocycles. The van der Waals surface area contributed by atoms with E-state index in [1.807, 2.05) is 24.3 Å². The largest absolute Gasteiger partial charge is 0.379 e. The van der Waals surface area contributed by atoms with Crippen LogP contribution in [0, 0.1) is 0 Å². The van der Waals surface area contributed by atoms with Crippen molar-refractivity contribution in [1.82, 2.24) is 10.2 Å². The number of nitrogens with zero attached hydrogens (tertiary/aromatic N) is 2. The summed E-state index contributed by atoms with van der Waals surface area (Å²) in [4.78, 5) is 6.76. The van der Waals surface area contributed by atoms with E-state index in [1.165, 1.54) is 5.56 Å². The van der Waals surface area contributed by atoms with Crippen LogP contribution in [-0.2, 0) is 11.2 Å². The third-order valence-corrected chi connectivity index (χ3v) is 3.90. The van der Waals surface area contributed by atoms with Crippen LogP contribution in [0.2, 0.25) is 5.02 Å². The second-order valence-electron chi connectivity index (χ2n) is 5.38. The number of halogens is 2. The molecule has 1 aromatic rings. The van der Waals surface area contributed by atoms with Crippen molar-refractivity contribution in [2.24, 2.45) is 10.7 Å². The van der Waals surface area contributed by atoms with Crippen molar-refractivity contribution in [1.29, 1.82) is 0 Å². The van der Waals surface area contributed by atoms with E-state index in [4.69, 9.17) is 22.1 Å². The molecule has 0 aliphatic carbocycles. The van der Waals surface area contributed by atoms with Crippen LogP contribution in [0.25, 0.3) is 0 Å². The summed E-state index contributed by atoms with van der Waals surface area (Å²) in [7, 11) is 0. The number of hydrogen-bond donors (Lipinski definition) is 2. The number of guanidine groups is 1. The molecule has 1 aliphatic heterocycles. The zero-order chi connectivity index (χ0) is 15.6. The molecule has 130 valence electrons. The van der Waals surface area contributed by atoms with Gasteiger partial charge in [-0.3, -0.25) is 9.89 Å². The van der Waals surface area contributed by atoms with Crippen LogP contribution in [0.5, 0.6) is 0 Å². The van der Waals surface area contributed by atoms with Crippen molar-refractivity contribution in [2.45, 2.75) is 12.8 Å². The average molecular weight is 453 g/mol. The van der Waals surface area contributed by atoms with E-state index in [1.54, 1.807) is 0 Å². The Bertz CT molecular complexity index is 464. The SMILES string of the molecule is I.NC(=NCCCN1CCOCC1)NCCc1ccc(Cl)cc1. The van der Waals surface area contributed by atoms with Crippen molar-refractivity contribution < 1.29 is 4.74 Å². The molecule has 1 saturated heterocycles. The maximum absolute atomic E-state index is 5.87. The normalized spacial score (nSPS) is 16.0. The fraction of sp³-hybridized carbons (Fsp3) is 0.562. The van der Waals surface area contributed by atoms with E-state index in [9.17, 15) is 0 Å². The van der Waals surface area contributed by atoms with Gasteiger partial charge >= 0.3 is 0 Å². The molecule has 23 heavy (non-hydrogen) atoms. The van der Waals surface area contributed by atoms with Gasteiger partial charge in [-0.1, -0.05) is 23.7 Å². The van der Waals surface area contributed by atoms with Crippen LogP contribution in [0.4, 0.5) is 0 Å². The number of hydrogen-bond acceptors (Lipinski definition) is 3. The van der Waals surface area contributed by atoms with Gasteiger partial charge in [0.2, 0.25) is 0 Å². The molecule has 0 spiro atoms. The fourth-order valence-electron chi connectivity index (χ4n) is 2.36. The van der Waals surface area contributed by atoms with Crippen LogP contribution in [0.15, 0.2) is 29.3 Å². The first kappa shape index (κ1) is 20.5. The third kappa shape index (κ3) is 8.74. The van der Waals surface area contributed by atoms with Gasteiger partial charge in [0.25, 0.3) is 0 Å². The molecule has 3 N–H and O–H groups in total. The van der Waals surface area contributed by atoms with E-state index in [0.717, 1.165) is 63.8 Å². The minimum absolute atomic E-state index is 0. The minimum atomic E-state index is 0. The maximum atomic E-state index is 5.87. The number of morpholine rings is 1. The lowest BCUT2D eigenvalue weighted by molar-refractivity contribution is 0.0377. The van der Waals surface area contributed by atoms with Gasteiger partial charge in [0.05, 0.1) is 13.2 Å². The number of ether oxygens (including phenoxy) is 1. The first-order valence-corrected chi connectivity index (χ1v) is 8.20. The molecule has 2 rings (SSSR count). The molecule has 0 atom stereocenters. The van der Waals surface area contributed by atoms with Crippen molar-refractivity contribution in [2.75, 3.05) is 45.9 Å². The van der Waals surface area contributed by atoms with Gasteiger partial charge in [0.15, 0.2) is 5.96 Å². The molecular formula is C16H26ClIN4O. The monoisotopic (exact) mass is 452 g/mol. The number of aliphatic imine (C=N–C) groups is 1. The Morgan fingerprint density at radius 1 is 1.26 bits per heavy atom. The van der Waals surface area contributed by atoms with Gasteiger partial charge in [-0.05, 0) is 30.5 Å². The van der Waals surface area contributed by atoms with Crippen LogP contribution >= 0.6 is 35.6 Å². The van der Waals surface area contributed by atoms with E-state index < -0.39 is 0 Å². The molecule has 1 fully saturated rings.